The molecule has 0 saturated heterocycles. The first kappa shape index (κ1) is 17.2. The van der Waals surface area contributed by atoms with Gasteiger partial charge in [-0.05, 0) is 36.8 Å². The number of carbonyl (C=O) groups is 1. The minimum absolute atomic E-state index is 0.0210. The van der Waals surface area contributed by atoms with E-state index in [-0.39, 0.29) is 12.5 Å². The van der Waals surface area contributed by atoms with E-state index in [1.807, 2.05) is 24.3 Å². The van der Waals surface area contributed by atoms with Gasteiger partial charge in [0.05, 0.1) is 11.1 Å². The van der Waals surface area contributed by atoms with Gasteiger partial charge in [-0.2, -0.15) is 10.2 Å². The summed E-state index contributed by atoms with van der Waals surface area (Å²) in [5.41, 5.74) is 1.89. The third-order valence-electron chi connectivity index (χ3n) is 3.58. The lowest BCUT2D eigenvalue weighted by molar-refractivity contribution is 0.0951. The van der Waals surface area contributed by atoms with Crippen LogP contribution < -0.4 is 10.1 Å². The lowest BCUT2D eigenvalue weighted by Crippen LogP contribution is -2.23. The average Bonchev–Trinajstić information content (AvgIpc) is 3.11. The Morgan fingerprint density at radius 1 is 1.27 bits per heavy atom. The Morgan fingerprint density at radius 3 is 2.88 bits per heavy atom. The van der Waals surface area contributed by atoms with E-state index in [0.717, 1.165) is 5.56 Å². The van der Waals surface area contributed by atoms with Crippen molar-refractivity contribution >= 4 is 5.91 Å². The van der Waals surface area contributed by atoms with Crippen molar-refractivity contribution in [1.82, 2.24) is 15.5 Å². The molecule has 0 unspecified atom stereocenters. The van der Waals surface area contributed by atoms with E-state index >= 15 is 0 Å². The Morgan fingerprint density at radius 2 is 2.12 bits per heavy atom. The molecule has 0 aliphatic heterocycles. The van der Waals surface area contributed by atoms with Crippen LogP contribution in [0.2, 0.25) is 0 Å². The number of hydrogen-bond acceptors (Lipinski definition) is 6. The summed E-state index contributed by atoms with van der Waals surface area (Å²) in [6, 6.07) is 16.2. The second-order valence-electron chi connectivity index (χ2n) is 5.47. The van der Waals surface area contributed by atoms with Crippen LogP contribution in [0.25, 0.3) is 11.5 Å². The Bertz CT molecular complexity index is 959. The second-order valence-corrected chi connectivity index (χ2v) is 5.47. The van der Waals surface area contributed by atoms with Crippen LogP contribution in [0.4, 0.5) is 0 Å². The summed E-state index contributed by atoms with van der Waals surface area (Å²) in [6.45, 7) is 2.02. The van der Waals surface area contributed by atoms with E-state index in [9.17, 15) is 4.79 Å². The van der Waals surface area contributed by atoms with Gasteiger partial charge in [0, 0.05) is 6.54 Å². The third kappa shape index (κ3) is 4.05. The molecule has 0 saturated carbocycles. The molecule has 130 valence electrons. The summed E-state index contributed by atoms with van der Waals surface area (Å²) >= 11 is 0. The summed E-state index contributed by atoms with van der Waals surface area (Å²) in [7, 11) is 0. The number of carbonyl (C=O) groups excluding carboxylic acids is 1. The monoisotopic (exact) mass is 348 g/mol. The first-order valence-corrected chi connectivity index (χ1v) is 7.94. The fourth-order valence-corrected chi connectivity index (χ4v) is 2.41. The number of aryl methyl sites for hydroxylation is 1. The molecule has 7 nitrogen and oxygen atoms in total. The van der Waals surface area contributed by atoms with Crippen LogP contribution in [0.3, 0.4) is 0 Å². The maximum absolute atomic E-state index is 12.6. The van der Waals surface area contributed by atoms with Crippen LogP contribution in [0.1, 0.15) is 21.7 Å². The van der Waals surface area contributed by atoms with Crippen molar-refractivity contribution in [3.05, 3.63) is 65.5 Å². The van der Waals surface area contributed by atoms with Gasteiger partial charge in [-0.25, -0.2) is 0 Å². The van der Waals surface area contributed by atoms with Gasteiger partial charge in [-0.15, -0.1) is 0 Å². The van der Waals surface area contributed by atoms with E-state index in [2.05, 4.69) is 15.5 Å². The fraction of sp³-hybridized carbons (Fsp3) is 0.158. The molecule has 0 radical (unpaired) electrons. The molecule has 0 bridgehead atoms. The van der Waals surface area contributed by atoms with Crippen LogP contribution in [0.15, 0.2) is 53.1 Å². The Hall–Kier alpha value is -3.66. The minimum Gasteiger partial charge on any atom is -0.479 e. The fourth-order valence-electron chi connectivity index (χ4n) is 2.41. The molecule has 0 aliphatic carbocycles. The van der Waals surface area contributed by atoms with Gasteiger partial charge in [0.25, 0.3) is 11.8 Å². The van der Waals surface area contributed by atoms with Gasteiger partial charge in [-0.1, -0.05) is 29.4 Å². The van der Waals surface area contributed by atoms with Crippen molar-refractivity contribution < 1.29 is 14.1 Å². The highest BCUT2D eigenvalue weighted by Crippen LogP contribution is 2.22. The van der Waals surface area contributed by atoms with Crippen LogP contribution in [0.5, 0.6) is 5.75 Å². The van der Waals surface area contributed by atoms with Gasteiger partial charge in [0.15, 0.2) is 12.4 Å². The first-order valence-electron chi connectivity index (χ1n) is 7.94. The molecule has 0 fully saturated rings. The number of nitrogens with one attached hydrogen (secondary N) is 1. The zero-order valence-corrected chi connectivity index (χ0v) is 14.1. The number of aromatic nitrogens is 2. The molecular weight excluding hydrogens is 332 g/mol. The van der Waals surface area contributed by atoms with Gasteiger partial charge in [-0.3, -0.25) is 4.79 Å². The molecule has 0 aliphatic rings. The molecule has 1 N–H and O–H groups in total. The number of amides is 1. The highest BCUT2D eigenvalue weighted by Gasteiger charge is 2.16. The number of nitriles is 1. The van der Waals surface area contributed by atoms with Gasteiger partial charge >= 0.3 is 0 Å². The zero-order valence-electron chi connectivity index (χ0n) is 14.1. The predicted molar refractivity (Wildman–Crippen MR) is 93.2 cm³/mol. The molecule has 0 spiro atoms. The molecule has 2 aromatic carbocycles. The largest absolute Gasteiger partial charge is 0.479 e. The molecule has 1 aromatic heterocycles. The lowest BCUT2D eigenvalue weighted by atomic mass is 10.1. The summed E-state index contributed by atoms with van der Waals surface area (Å²) < 4.78 is 10.4. The molecule has 1 heterocycles. The molecule has 3 aromatic rings. The highest BCUT2D eigenvalue weighted by atomic mass is 16.5. The first-order chi connectivity index (χ1) is 12.7. The molecular formula is C19H16N4O3. The summed E-state index contributed by atoms with van der Waals surface area (Å²) in [6.07, 6.45) is 0. The maximum atomic E-state index is 12.6. The summed E-state index contributed by atoms with van der Waals surface area (Å²) in [5.74, 6) is 1.14. The van der Waals surface area contributed by atoms with Crippen LogP contribution >= 0.6 is 0 Å². The molecule has 7 heteroatoms. The van der Waals surface area contributed by atoms with E-state index in [1.165, 1.54) is 0 Å². The highest BCUT2D eigenvalue weighted by molar-refractivity contribution is 5.99. The van der Waals surface area contributed by atoms with Crippen LogP contribution in [-0.4, -0.2) is 22.7 Å². The number of benzene rings is 2. The van der Waals surface area contributed by atoms with E-state index < -0.39 is 0 Å². The maximum Gasteiger partial charge on any atom is 0.258 e. The van der Waals surface area contributed by atoms with Crippen LogP contribution in [-0.2, 0) is 6.54 Å². The Kier molecular flexibility index (Phi) is 5.25. The van der Waals surface area contributed by atoms with Crippen molar-refractivity contribution in [2.75, 3.05) is 6.61 Å². The van der Waals surface area contributed by atoms with Gasteiger partial charge < -0.3 is 14.6 Å². The van der Waals surface area contributed by atoms with Gasteiger partial charge in [0.2, 0.25) is 0 Å². The smallest absolute Gasteiger partial charge is 0.258 e. The number of nitrogens with zero attached hydrogens (tertiary/aromatic N) is 3. The standard InChI is InChI=1S/C19H16N4O3/c1-13-22-19(26-23-13)17-8-3-2-7-16(17)18(24)21-12-14-5-4-6-15(11-14)25-10-9-20/h2-8,11H,10,12H2,1H3,(H,21,24). The van der Waals surface area contributed by atoms with E-state index in [1.54, 1.807) is 37.3 Å². The number of rotatable bonds is 6. The molecule has 3 rings (SSSR count). The van der Waals surface area contributed by atoms with Crippen molar-refractivity contribution in [1.29, 1.82) is 5.26 Å². The van der Waals surface area contributed by atoms with Crippen molar-refractivity contribution in [2.24, 2.45) is 0 Å². The molecule has 1 amide bonds. The van der Waals surface area contributed by atoms with Gasteiger partial charge in [0.1, 0.15) is 11.8 Å². The van der Waals surface area contributed by atoms with Crippen molar-refractivity contribution in [3.63, 3.8) is 0 Å². The van der Waals surface area contributed by atoms with Crippen LogP contribution in [0, 0.1) is 18.3 Å². The molecule has 26 heavy (non-hydrogen) atoms. The third-order valence-corrected chi connectivity index (χ3v) is 3.58. The summed E-state index contributed by atoms with van der Waals surface area (Å²) in [4.78, 5) is 16.8. The minimum atomic E-state index is -0.250. The average molecular weight is 348 g/mol. The van der Waals surface area contributed by atoms with E-state index in [4.69, 9.17) is 14.5 Å². The topological polar surface area (TPSA) is 101 Å². The van der Waals surface area contributed by atoms with E-state index in [0.29, 0.717) is 35.1 Å². The zero-order chi connectivity index (χ0) is 18.4. The Labute approximate surface area is 150 Å². The predicted octanol–water partition coefficient (Wildman–Crippen LogP) is 2.88. The molecule has 0 atom stereocenters. The number of hydrogen-bond donors (Lipinski definition) is 1. The second kappa shape index (κ2) is 7.94. The quantitative estimate of drug-likeness (QED) is 0.735. The van der Waals surface area contributed by atoms with Crippen molar-refractivity contribution in [2.45, 2.75) is 13.5 Å². The van der Waals surface area contributed by atoms with Crippen molar-refractivity contribution in [3.8, 4) is 23.3 Å². The summed E-state index contributed by atoms with van der Waals surface area (Å²) in [5, 5.41) is 15.2. The SMILES string of the molecule is Cc1noc(-c2ccccc2C(=O)NCc2cccc(OCC#N)c2)n1. The lowest BCUT2D eigenvalue weighted by Gasteiger charge is -2.09. The Balaban J connectivity index is 1.73. The number of ether oxygens (including phenoxy) is 1. The normalized spacial score (nSPS) is 10.2.